The Labute approximate surface area is 98.3 Å². The Hall–Kier alpha value is -1.39. The summed E-state index contributed by atoms with van der Waals surface area (Å²) in [4.78, 5) is 22.7. The number of carbonyl (C=O) groups excluding carboxylic acids is 2. The van der Waals surface area contributed by atoms with Crippen molar-refractivity contribution in [2.24, 2.45) is 5.73 Å². The highest BCUT2D eigenvalue weighted by molar-refractivity contribution is 6.31. The highest BCUT2D eigenvalue weighted by atomic mass is 35.5. The second-order valence-electron chi connectivity index (χ2n) is 3.27. The van der Waals surface area contributed by atoms with Crippen molar-refractivity contribution >= 4 is 23.4 Å². The van der Waals surface area contributed by atoms with Gasteiger partial charge in [-0.05, 0) is 12.1 Å². The van der Waals surface area contributed by atoms with Gasteiger partial charge in [-0.3, -0.25) is 9.59 Å². The molecule has 0 amide bonds. The van der Waals surface area contributed by atoms with Gasteiger partial charge in [-0.2, -0.15) is 0 Å². The summed E-state index contributed by atoms with van der Waals surface area (Å²) < 4.78 is 4.43. The number of esters is 1. The van der Waals surface area contributed by atoms with Gasteiger partial charge in [0, 0.05) is 17.0 Å². The minimum atomic E-state index is -0.934. The van der Waals surface area contributed by atoms with Gasteiger partial charge in [0.15, 0.2) is 5.78 Å². The Bertz CT molecular complexity index is 406. The first-order chi connectivity index (χ1) is 7.54. The average Bonchev–Trinajstić information content (AvgIpc) is 2.27. The van der Waals surface area contributed by atoms with Crippen LogP contribution in [0.4, 0.5) is 0 Å². The third kappa shape index (κ3) is 3.32. The van der Waals surface area contributed by atoms with Crippen LogP contribution >= 0.6 is 11.6 Å². The quantitative estimate of drug-likeness (QED) is 0.639. The SMILES string of the molecule is COC(=O)C(N)CC(=O)c1cccc(Cl)c1. The number of rotatable bonds is 4. The van der Waals surface area contributed by atoms with Crippen LogP contribution in [0.15, 0.2) is 24.3 Å². The summed E-state index contributed by atoms with van der Waals surface area (Å²) >= 11 is 5.74. The van der Waals surface area contributed by atoms with Crippen molar-refractivity contribution in [3.8, 4) is 0 Å². The van der Waals surface area contributed by atoms with E-state index in [4.69, 9.17) is 17.3 Å². The van der Waals surface area contributed by atoms with Crippen molar-refractivity contribution < 1.29 is 14.3 Å². The van der Waals surface area contributed by atoms with Gasteiger partial charge in [-0.15, -0.1) is 0 Å². The fraction of sp³-hybridized carbons (Fsp3) is 0.273. The van der Waals surface area contributed by atoms with Crippen LogP contribution in [0.5, 0.6) is 0 Å². The van der Waals surface area contributed by atoms with E-state index in [0.29, 0.717) is 10.6 Å². The highest BCUT2D eigenvalue weighted by Crippen LogP contribution is 2.13. The lowest BCUT2D eigenvalue weighted by atomic mass is 10.0. The maximum Gasteiger partial charge on any atom is 0.323 e. The summed E-state index contributed by atoms with van der Waals surface area (Å²) in [5.41, 5.74) is 5.91. The number of nitrogens with two attached hydrogens (primary N) is 1. The molecule has 0 aromatic heterocycles. The molecule has 1 atom stereocenters. The Morgan fingerprint density at radius 2 is 2.19 bits per heavy atom. The molecule has 4 nitrogen and oxygen atoms in total. The van der Waals surface area contributed by atoms with Gasteiger partial charge >= 0.3 is 5.97 Å². The van der Waals surface area contributed by atoms with Crippen molar-refractivity contribution in [1.29, 1.82) is 0 Å². The number of ether oxygens (including phenoxy) is 1. The van der Waals surface area contributed by atoms with Crippen LogP contribution in [0.1, 0.15) is 16.8 Å². The van der Waals surface area contributed by atoms with E-state index < -0.39 is 12.0 Å². The third-order valence-electron chi connectivity index (χ3n) is 2.06. The molecule has 0 radical (unpaired) electrons. The fourth-order valence-electron chi connectivity index (χ4n) is 1.21. The van der Waals surface area contributed by atoms with Gasteiger partial charge < -0.3 is 10.5 Å². The van der Waals surface area contributed by atoms with Gasteiger partial charge in [0.2, 0.25) is 0 Å². The molecule has 0 saturated heterocycles. The Morgan fingerprint density at radius 1 is 1.50 bits per heavy atom. The molecule has 16 heavy (non-hydrogen) atoms. The Kier molecular flexibility index (Phi) is 4.46. The molecule has 1 unspecified atom stereocenters. The van der Waals surface area contributed by atoms with Crippen molar-refractivity contribution in [2.75, 3.05) is 7.11 Å². The average molecular weight is 242 g/mol. The van der Waals surface area contributed by atoms with Crippen LogP contribution < -0.4 is 5.73 Å². The number of carbonyl (C=O) groups is 2. The normalized spacial score (nSPS) is 11.9. The molecule has 0 spiro atoms. The van der Waals surface area contributed by atoms with Crippen LogP contribution in [-0.2, 0) is 9.53 Å². The van der Waals surface area contributed by atoms with E-state index in [1.165, 1.54) is 13.2 Å². The molecule has 0 aliphatic rings. The van der Waals surface area contributed by atoms with E-state index in [9.17, 15) is 9.59 Å². The standard InChI is InChI=1S/C11H12ClNO3/c1-16-11(15)9(13)6-10(14)7-3-2-4-8(12)5-7/h2-5,9H,6,13H2,1H3. The lowest BCUT2D eigenvalue weighted by Gasteiger charge is -2.08. The molecule has 1 aromatic rings. The van der Waals surface area contributed by atoms with E-state index >= 15 is 0 Å². The molecule has 0 aliphatic heterocycles. The smallest absolute Gasteiger partial charge is 0.323 e. The molecule has 0 bridgehead atoms. The highest BCUT2D eigenvalue weighted by Gasteiger charge is 2.18. The summed E-state index contributed by atoms with van der Waals surface area (Å²) in [6.45, 7) is 0. The fourth-order valence-corrected chi connectivity index (χ4v) is 1.40. The van der Waals surface area contributed by atoms with Gasteiger partial charge in [0.1, 0.15) is 6.04 Å². The first-order valence-electron chi connectivity index (χ1n) is 4.66. The molecule has 2 N–H and O–H groups in total. The molecule has 0 aliphatic carbocycles. The van der Waals surface area contributed by atoms with Crippen LogP contribution in [0.2, 0.25) is 5.02 Å². The molecule has 1 aromatic carbocycles. The summed E-state index contributed by atoms with van der Waals surface area (Å²) in [6, 6.07) is 5.56. The molecule has 86 valence electrons. The summed E-state index contributed by atoms with van der Waals surface area (Å²) in [7, 11) is 1.23. The van der Waals surface area contributed by atoms with E-state index in [0.717, 1.165) is 0 Å². The molecule has 5 heteroatoms. The van der Waals surface area contributed by atoms with Crippen LogP contribution in [-0.4, -0.2) is 24.9 Å². The topological polar surface area (TPSA) is 69.4 Å². The summed E-state index contributed by atoms with van der Waals surface area (Å²) in [5, 5.41) is 0.470. The first kappa shape index (κ1) is 12.7. The zero-order valence-corrected chi connectivity index (χ0v) is 9.53. The van der Waals surface area contributed by atoms with Crippen LogP contribution in [0.3, 0.4) is 0 Å². The predicted octanol–water partition coefficient (Wildman–Crippen LogP) is 1.41. The van der Waals surface area contributed by atoms with Gasteiger partial charge in [-0.1, -0.05) is 23.7 Å². The number of Topliss-reactive ketones (excluding diaryl/α,β-unsaturated/α-hetero) is 1. The monoisotopic (exact) mass is 241 g/mol. The van der Waals surface area contributed by atoms with Gasteiger partial charge in [-0.25, -0.2) is 0 Å². The number of hydrogen-bond donors (Lipinski definition) is 1. The van der Waals surface area contributed by atoms with Gasteiger partial charge in [0.05, 0.1) is 7.11 Å². The minimum Gasteiger partial charge on any atom is -0.468 e. The zero-order valence-electron chi connectivity index (χ0n) is 8.77. The number of hydrogen-bond acceptors (Lipinski definition) is 4. The number of benzene rings is 1. The molecular weight excluding hydrogens is 230 g/mol. The second-order valence-corrected chi connectivity index (χ2v) is 3.70. The lowest BCUT2D eigenvalue weighted by molar-refractivity contribution is -0.142. The molecule has 0 fully saturated rings. The van der Waals surface area contributed by atoms with Crippen molar-refractivity contribution in [3.63, 3.8) is 0 Å². The maximum atomic E-state index is 11.7. The molecular formula is C11H12ClNO3. The number of halogens is 1. The number of methoxy groups -OCH3 is 1. The largest absolute Gasteiger partial charge is 0.468 e. The molecule has 1 rings (SSSR count). The summed E-state index contributed by atoms with van der Waals surface area (Å²) in [5.74, 6) is -0.837. The van der Waals surface area contributed by atoms with Crippen LogP contribution in [0, 0.1) is 0 Å². The van der Waals surface area contributed by atoms with Crippen molar-refractivity contribution in [1.82, 2.24) is 0 Å². The third-order valence-corrected chi connectivity index (χ3v) is 2.29. The van der Waals surface area contributed by atoms with Crippen molar-refractivity contribution in [3.05, 3.63) is 34.9 Å². The zero-order chi connectivity index (χ0) is 12.1. The van der Waals surface area contributed by atoms with Gasteiger partial charge in [0.25, 0.3) is 0 Å². The van der Waals surface area contributed by atoms with Crippen LogP contribution in [0.25, 0.3) is 0 Å². The van der Waals surface area contributed by atoms with E-state index in [1.54, 1.807) is 18.2 Å². The minimum absolute atomic E-state index is 0.0903. The molecule has 0 saturated carbocycles. The predicted molar refractivity (Wildman–Crippen MR) is 60.4 cm³/mol. The number of ketones is 1. The maximum absolute atomic E-state index is 11.7. The van der Waals surface area contributed by atoms with E-state index in [1.807, 2.05) is 0 Å². The lowest BCUT2D eigenvalue weighted by Crippen LogP contribution is -2.33. The first-order valence-corrected chi connectivity index (χ1v) is 5.04. The van der Waals surface area contributed by atoms with Crippen molar-refractivity contribution in [2.45, 2.75) is 12.5 Å². The second kappa shape index (κ2) is 5.63. The van der Waals surface area contributed by atoms with E-state index in [-0.39, 0.29) is 12.2 Å². The Morgan fingerprint density at radius 3 is 2.75 bits per heavy atom. The van der Waals surface area contributed by atoms with E-state index in [2.05, 4.69) is 4.74 Å². The summed E-state index contributed by atoms with van der Waals surface area (Å²) in [6.07, 6.45) is -0.0903. The Balaban J connectivity index is 2.69. The molecule has 0 heterocycles.